The molecule has 29 heavy (non-hydrogen) atoms. The number of nitrogens with zero attached hydrogens (tertiary/aromatic N) is 1. The van der Waals surface area contributed by atoms with E-state index < -0.39 is 5.41 Å². The highest BCUT2D eigenvalue weighted by Gasteiger charge is 2.48. The number of ether oxygens (including phenoxy) is 1. The summed E-state index contributed by atoms with van der Waals surface area (Å²) in [5.74, 6) is 0.950. The molecule has 2 aliphatic rings. The Morgan fingerprint density at radius 2 is 2.00 bits per heavy atom. The third-order valence-corrected chi connectivity index (χ3v) is 6.38. The molecule has 0 radical (unpaired) electrons. The summed E-state index contributed by atoms with van der Waals surface area (Å²) < 4.78 is 5.44. The average molecular weight is 381 g/mol. The molecule has 3 heteroatoms. The van der Waals surface area contributed by atoms with Crippen LogP contribution in [-0.4, -0.2) is 17.9 Å². The minimum Gasteiger partial charge on any atom is -0.497 e. The van der Waals surface area contributed by atoms with Crippen molar-refractivity contribution in [2.75, 3.05) is 7.11 Å². The second-order valence-electron chi connectivity index (χ2n) is 7.96. The predicted octanol–water partition coefficient (Wildman–Crippen LogP) is 4.90. The molecule has 0 amide bonds. The Balaban J connectivity index is 1.71. The minimum atomic E-state index is -0.402. The molecular formula is C26H23NO2. The summed E-state index contributed by atoms with van der Waals surface area (Å²) in [4.78, 5) is 17.7. The van der Waals surface area contributed by atoms with E-state index in [0.717, 1.165) is 29.7 Å². The molecule has 2 atom stereocenters. The standard InChI is InChI=1S/C26H23NO2/c1-29-21-9-10-22-20(15-21)8-11-24(28)25(22)26(16-18-5-4-14-27-17-18)13-12-19-6-2-3-7-23(19)26/h2-7,9-10,12-15,17,25H,8,11,16H2,1H3. The quantitative estimate of drug-likeness (QED) is 0.645. The van der Waals surface area contributed by atoms with Gasteiger partial charge in [-0.2, -0.15) is 0 Å². The summed E-state index contributed by atoms with van der Waals surface area (Å²) in [6.07, 6.45) is 10.2. The van der Waals surface area contributed by atoms with Crippen LogP contribution in [0.4, 0.5) is 0 Å². The van der Waals surface area contributed by atoms with E-state index in [9.17, 15) is 4.79 Å². The van der Waals surface area contributed by atoms with Crippen molar-refractivity contribution in [3.05, 3.63) is 101 Å². The molecule has 2 aliphatic carbocycles. The van der Waals surface area contributed by atoms with E-state index in [4.69, 9.17) is 4.74 Å². The Morgan fingerprint density at radius 3 is 2.83 bits per heavy atom. The zero-order valence-electron chi connectivity index (χ0n) is 16.5. The lowest BCUT2D eigenvalue weighted by atomic mass is 9.61. The SMILES string of the molecule is COc1ccc2c(c1)CCC(=O)C2C1(Cc2cccnc2)C=Cc2ccccc21. The summed E-state index contributed by atoms with van der Waals surface area (Å²) in [6, 6.07) is 18.7. The van der Waals surface area contributed by atoms with Crippen LogP contribution >= 0.6 is 0 Å². The summed E-state index contributed by atoms with van der Waals surface area (Å²) in [7, 11) is 1.69. The number of hydrogen-bond acceptors (Lipinski definition) is 3. The zero-order chi connectivity index (χ0) is 19.8. The van der Waals surface area contributed by atoms with Crippen LogP contribution < -0.4 is 4.74 Å². The van der Waals surface area contributed by atoms with Crippen molar-refractivity contribution in [2.45, 2.75) is 30.6 Å². The number of fused-ring (bicyclic) bond motifs is 2. The van der Waals surface area contributed by atoms with Crippen LogP contribution in [0.15, 0.2) is 73.1 Å². The van der Waals surface area contributed by atoms with Gasteiger partial charge < -0.3 is 4.74 Å². The number of carbonyl (C=O) groups excluding carboxylic acids is 1. The van der Waals surface area contributed by atoms with E-state index in [2.05, 4.69) is 59.6 Å². The summed E-state index contributed by atoms with van der Waals surface area (Å²) in [6.45, 7) is 0. The van der Waals surface area contributed by atoms with Gasteiger partial charge in [-0.05, 0) is 58.9 Å². The van der Waals surface area contributed by atoms with Gasteiger partial charge in [-0.15, -0.1) is 0 Å². The van der Waals surface area contributed by atoms with Gasteiger partial charge in [-0.3, -0.25) is 9.78 Å². The first kappa shape index (κ1) is 17.9. The molecule has 1 aromatic heterocycles. The normalized spacial score (nSPS) is 22.2. The van der Waals surface area contributed by atoms with Gasteiger partial charge in [0.2, 0.25) is 0 Å². The maximum absolute atomic E-state index is 13.4. The van der Waals surface area contributed by atoms with Crippen molar-refractivity contribution in [2.24, 2.45) is 0 Å². The number of aromatic nitrogens is 1. The lowest BCUT2D eigenvalue weighted by Gasteiger charge is -2.40. The molecule has 5 rings (SSSR count). The summed E-state index contributed by atoms with van der Waals surface area (Å²) in [5.41, 5.74) is 5.52. The summed E-state index contributed by atoms with van der Waals surface area (Å²) >= 11 is 0. The number of Topliss-reactive ketones (excluding diaryl/α,β-unsaturated/α-hetero) is 1. The molecule has 0 bridgehead atoms. The topological polar surface area (TPSA) is 39.2 Å². The maximum atomic E-state index is 13.4. The molecule has 0 aliphatic heterocycles. The third kappa shape index (κ3) is 2.89. The van der Waals surface area contributed by atoms with Gasteiger partial charge >= 0.3 is 0 Å². The number of ketones is 1. The third-order valence-electron chi connectivity index (χ3n) is 6.38. The first-order valence-electron chi connectivity index (χ1n) is 10.1. The van der Waals surface area contributed by atoms with Gasteiger partial charge in [0.25, 0.3) is 0 Å². The second-order valence-corrected chi connectivity index (χ2v) is 7.96. The van der Waals surface area contributed by atoms with E-state index >= 15 is 0 Å². The Hall–Kier alpha value is -3.20. The van der Waals surface area contributed by atoms with Gasteiger partial charge in [0, 0.05) is 24.2 Å². The van der Waals surface area contributed by atoms with Crippen LogP contribution in [0.5, 0.6) is 5.75 Å². The van der Waals surface area contributed by atoms with E-state index in [1.54, 1.807) is 13.3 Å². The fourth-order valence-electron chi connectivity index (χ4n) is 5.09. The van der Waals surface area contributed by atoms with Gasteiger partial charge in [-0.1, -0.05) is 48.6 Å². The van der Waals surface area contributed by atoms with Crippen LogP contribution in [0.3, 0.4) is 0 Å². The van der Waals surface area contributed by atoms with Crippen molar-refractivity contribution in [1.29, 1.82) is 0 Å². The monoisotopic (exact) mass is 381 g/mol. The fourth-order valence-corrected chi connectivity index (χ4v) is 5.09. The zero-order valence-corrected chi connectivity index (χ0v) is 16.5. The molecule has 0 saturated heterocycles. The van der Waals surface area contributed by atoms with Crippen LogP contribution in [0.2, 0.25) is 0 Å². The number of aryl methyl sites for hydroxylation is 1. The minimum absolute atomic E-state index is 0.211. The van der Waals surface area contributed by atoms with Gasteiger partial charge in [0.05, 0.1) is 13.0 Å². The number of pyridine rings is 1. The summed E-state index contributed by atoms with van der Waals surface area (Å²) in [5, 5.41) is 0. The van der Waals surface area contributed by atoms with Crippen molar-refractivity contribution >= 4 is 11.9 Å². The average Bonchev–Trinajstić information content (AvgIpc) is 3.13. The number of allylic oxidation sites excluding steroid dienone is 1. The van der Waals surface area contributed by atoms with Gasteiger partial charge in [0.1, 0.15) is 11.5 Å². The van der Waals surface area contributed by atoms with Crippen molar-refractivity contribution in [3.63, 3.8) is 0 Å². The van der Waals surface area contributed by atoms with Crippen LogP contribution in [0.25, 0.3) is 6.08 Å². The van der Waals surface area contributed by atoms with Crippen LogP contribution in [-0.2, 0) is 23.1 Å². The molecule has 0 saturated carbocycles. The van der Waals surface area contributed by atoms with Gasteiger partial charge in [-0.25, -0.2) is 0 Å². The maximum Gasteiger partial charge on any atom is 0.141 e. The largest absolute Gasteiger partial charge is 0.497 e. The number of carbonyl (C=O) groups is 1. The van der Waals surface area contributed by atoms with E-state index in [1.165, 1.54) is 16.7 Å². The molecule has 1 heterocycles. The Kier molecular flexibility index (Phi) is 4.31. The molecule has 2 unspecified atom stereocenters. The number of hydrogen-bond donors (Lipinski definition) is 0. The molecule has 0 N–H and O–H groups in total. The lowest BCUT2D eigenvalue weighted by Crippen LogP contribution is -2.40. The predicted molar refractivity (Wildman–Crippen MR) is 114 cm³/mol. The highest BCUT2D eigenvalue weighted by Crippen LogP contribution is 2.51. The Morgan fingerprint density at radius 1 is 1.10 bits per heavy atom. The number of rotatable bonds is 4. The van der Waals surface area contributed by atoms with E-state index in [1.807, 2.05) is 18.3 Å². The number of benzene rings is 2. The van der Waals surface area contributed by atoms with Crippen LogP contribution in [0.1, 0.15) is 40.2 Å². The molecule has 0 fully saturated rings. The van der Waals surface area contributed by atoms with Crippen molar-refractivity contribution in [3.8, 4) is 5.75 Å². The Bertz CT molecular complexity index is 1100. The van der Waals surface area contributed by atoms with Crippen LogP contribution in [0, 0.1) is 0 Å². The molecule has 3 nitrogen and oxygen atoms in total. The Labute approximate surface area is 171 Å². The van der Waals surface area contributed by atoms with E-state index in [-0.39, 0.29) is 5.92 Å². The molecule has 0 spiro atoms. The highest BCUT2D eigenvalue weighted by atomic mass is 16.5. The van der Waals surface area contributed by atoms with Gasteiger partial charge in [0.15, 0.2) is 0 Å². The molecular weight excluding hydrogens is 358 g/mol. The molecule has 2 aromatic carbocycles. The highest BCUT2D eigenvalue weighted by molar-refractivity contribution is 5.92. The second kappa shape index (κ2) is 7.00. The lowest BCUT2D eigenvalue weighted by molar-refractivity contribution is -0.122. The van der Waals surface area contributed by atoms with Crippen molar-refractivity contribution < 1.29 is 9.53 Å². The van der Waals surface area contributed by atoms with Crippen molar-refractivity contribution in [1.82, 2.24) is 4.98 Å². The molecule has 144 valence electrons. The fraction of sp³-hybridized carbons (Fsp3) is 0.231. The van der Waals surface area contributed by atoms with E-state index in [0.29, 0.717) is 12.2 Å². The first-order valence-corrected chi connectivity index (χ1v) is 10.1. The first-order chi connectivity index (χ1) is 14.2. The number of methoxy groups -OCH3 is 1. The smallest absolute Gasteiger partial charge is 0.141 e. The molecule has 3 aromatic rings.